The van der Waals surface area contributed by atoms with Gasteiger partial charge in [-0.25, -0.2) is 0 Å². The fraction of sp³-hybridized carbons (Fsp3) is 0.300. The zero-order valence-electron chi connectivity index (χ0n) is 8.59. The summed E-state index contributed by atoms with van der Waals surface area (Å²) >= 11 is 1.25. The predicted octanol–water partition coefficient (Wildman–Crippen LogP) is -0.187. The first kappa shape index (κ1) is 12.8. The molecule has 16 heavy (non-hydrogen) atoms. The van der Waals surface area contributed by atoms with Gasteiger partial charge in [0.05, 0.1) is 18.3 Å². The first-order valence-electron chi connectivity index (χ1n) is 4.65. The van der Waals surface area contributed by atoms with Gasteiger partial charge in [-0.2, -0.15) is 0 Å². The number of aliphatic hydroxyl groups excluding tert-OH is 2. The van der Waals surface area contributed by atoms with Crippen molar-refractivity contribution < 1.29 is 15.0 Å². The van der Waals surface area contributed by atoms with E-state index in [2.05, 4.69) is 0 Å². The smallest absolute Gasteiger partial charge is 0.249 e. The number of hydrogen-bond acceptors (Lipinski definition) is 5. The van der Waals surface area contributed by atoms with Crippen molar-refractivity contribution in [1.29, 1.82) is 0 Å². The van der Waals surface area contributed by atoms with Gasteiger partial charge in [0.2, 0.25) is 5.91 Å². The highest BCUT2D eigenvalue weighted by atomic mass is 32.2. The highest BCUT2D eigenvalue weighted by Gasteiger charge is 2.11. The molecule has 0 saturated heterocycles. The minimum Gasteiger partial charge on any atom is -0.399 e. The Morgan fingerprint density at radius 3 is 2.75 bits per heavy atom. The summed E-state index contributed by atoms with van der Waals surface area (Å²) in [5.74, 6) is -0.269. The lowest BCUT2D eigenvalue weighted by Gasteiger charge is -2.09. The van der Waals surface area contributed by atoms with Crippen molar-refractivity contribution in [3.63, 3.8) is 0 Å². The van der Waals surface area contributed by atoms with E-state index in [9.17, 15) is 9.90 Å². The molecule has 5 nitrogen and oxygen atoms in total. The highest BCUT2D eigenvalue weighted by Crippen LogP contribution is 2.25. The molecule has 0 saturated carbocycles. The fourth-order valence-corrected chi connectivity index (χ4v) is 2.06. The molecule has 0 radical (unpaired) electrons. The summed E-state index contributed by atoms with van der Waals surface area (Å²) in [6.45, 7) is -0.312. The molecule has 0 spiro atoms. The maximum absolute atomic E-state index is 11.1. The summed E-state index contributed by atoms with van der Waals surface area (Å²) < 4.78 is 0. The van der Waals surface area contributed by atoms with Crippen molar-refractivity contribution in [3.05, 3.63) is 23.8 Å². The Labute approximate surface area is 97.4 Å². The molecule has 0 heterocycles. The number of amides is 1. The number of benzene rings is 1. The van der Waals surface area contributed by atoms with Crippen LogP contribution in [0, 0.1) is 0 Å². The van der Waals surface area contributed by atoms with Crippen LogP contribution in [-0.4, -0.2) is 34.6 Å². The molecule has 0 fully saturated rings. The molecule has 0 aliphatic heterocycles. The molecule has 1 atom stereocenters. The molecular weight excluding hydrogens is 228 g/mol. The SMILES string of the molecule is NC(=O)c1cc(N)ccc1SCC(O)CO. The maximum atomic E-state index is 11.1. The fourth-order valence-electron chi connectivity index (χ4n) is 1.10. The summed E-state index contributed by atoms with van der Waals surface area (Å²) in [7, 11) is 0. The number of aliphatic hydroxyl groups is 2. The van der Waals surface area contributed by atoms with E-state index in [4.69, 9.17) is 16.6 Å². The second-order valence-electron chi connectivity index (χ2n) is 3.27. The van der Waals surface area contributed by atoms with E-state index in [1.807, 2.05) is 0 Å². The summed E-state index contributed by atoms with van der Waals surface area (Å²) in [5.41, 5.74) is 11.5. The van der Waals surface area contributed by atoms with Gasteiger partial charge in [0.1, 0.15) is 0 Å². The Balaban J connectivity index is 2.82. The Kier molecular flexibility index (Phi) is 4.60. The van der Waals surface area contributed by atoms with Gasteiger partial charge in [0.25, 0.3) is 0 Å². The summed E-state index contributed by atoms with van der Waals surface area (Å²) in [6, 6.07) is 4.82. The van der Waals surface area contributed by atoms with Gasteiger partial charge < -0.3 is 21.7 Å². The lowest BCUT2D eigenvalue weighted by Crippen LogP contribution is -2.16. The minimum absolute atomic E-state index is 0.292. The molecule has 1 amide bonds. The van der Waals surface area contributed by atoms with Gasteiger partial charge in [-0.05, 0) is 18.2 Å². The number of thioether (sulfide) groups is 1. The number of rotatable bonds is 5. The molecule has 1 unspecified atom stereocenters. The molecule has 0 bridgehead atoms. The zero-order valence-corrected chi connectivity index (χ0v) is 9.41. The van der Waals surface area contributed by atoms with Crippen molar-refractivity contribution in [1.82, 2.24) is 0 Å². The van der Waals surface area contributed by atoms with Crippen LogP contribution in [0.3, 0.4) is 0 Å². The third kappa shape index (κ3) is 3.41. The van der Waals surface area contributed by atoms with Crippen LogP contribution in [0.4, 0.5) is 5.69 Å². The molecule has 88 valence electrons. The van der Waals surface area contributed by atoms with E-state index in [1.165, 1.54) is 17.8 Å². The number of nitrogens with two attached hydrogens (primary N) is 2. The quantitative estimate of drug-likeness (QED) is 0.423. The van der Waals surface area contributed by atoms with E-state index in [0.717, 1.165) is 0 Å². The Morgan fingerprint density at radius 2 is 2.19 bits per heavy atom. The largest absolute Gasteiger partial charge is 0.399 e. The van der Waals surface area contributed by atoms with Crippen molar-refractivity contribution >= 4 is 23.4 Å². The van der Waals surface area contributed by atoms with Crippen LogP contribution in [0.1, 0.15) is 10.4 Å². The molecule has 6 N–H and O–H groups in total. The van der Waals surface area contributed by atoms with Crippen LogP contribution in [-0.2, 0) is 0 Å². The number of nitrogen functional groups attached to an aromatic ring is 1. The minimum atomic E-state index is -0.816. The maximum Gasteiger partial charge on any atom is 0.249 e. The normalized spacial score (nSPS) is 12.4. The number of carbonyl (C=O) groups excluding carboxylic acids is 1. The molecule has 1 aromatic carbocycles. The van der Waals surface area contributed by atoms with Gasteiger partial charge in [-0.1, -0.05) is 0 Å². The predicted molar refractivity (Wildman–Crippen MR) is 63.2 cm³/mol. The van der Waals surface area contributed by atoms with Crippen molar-refractivity contribution in [2.24, 2.45) is 5.73 Å². The van der Waals surface area contributed by atoms with Crippen molar-refractivity contribution in [2.45, 2.75) is 11.0 Å². The van der Waals surface area contributed by atoms with Crippen LogP contribution >= 0.6 is 11.8 Å². The molecular formula is C10H14N2O3S. The van der Waals surface area contributed by atoms with E-state index < -0.39 is 12.0 Å². The Hall–Kier alpha value is -1.24. The van der Waals surface area contributed by atoms with Gasteiger partial charge in [-0.3, -0.25) is 4.79 Å². The van der Waals surface area contributed by atoms with E-state index in [-0.39, 0.29) is 6.61 Å². The van der Waals surface area contributed by atoms with E-state index >= 15 is 0 Å². The molecule has 6 heteroatoms. The van der Waals surface area contributed by atoms with Crippen LogP contribution in [0.25, 0.3) is 0 Å². The average molecular weight is 242 g/mol. The van der Waals surface area contributed by atoms with Crippen LogP contribution in [0.15, 0.2) is 23.1 Å². The van der Waals surface area contributed by atoms with Crippen LogP contribution < -0.4 is 11.5 Å². The zero-order chi connectivity index (χ0) is 12.1. The average Bonchev–Trinajstić information content (AvgIpc) is 2.26. The molecule has 1 rings (SSSR count). The molecule has 1 aromatic rings. The molecule has 0 aliphatic rings. The monoisotopic (exact) mass is 242 g/mol. The first-order chi connectivity index (χ1) is 7.54. The van der Waals surface area contributed by atoms with Gasteiger partial charge >= 0.3 is 0 Å². The van der Waals surface area contributed by atoms with Crippen molar-refractivity contribution in [2.75, 3.05) is 18.1 Å². The van der Waals surface area contributed by atoms with E-state index in [0.29, 0.717) is 21.9 Å². The third-order valence-electron chi connectivity index (χ3n) is 1.91. The molecule has 0 aliphatic carbocycles. The number of primary amides is 1. The van der Waals surface area contributed by atoms with Crippen LogP contribution in [0.5, 0.6) is 0 Å². The van der Waals surface area contributed by atoms with Gasteiger partial charge in [-0.15, -0.1) is 11.8 Å². The second-order valence-corrected chi connectivity index (χ2v) is 4.33. The first-order valence-corrected chi connectivity index (χ1v) is 5.64. The van der Waals surface area contributed by atoms with E-state index in [1.54, 1.807) is 12.1 Å². The Morgan fingerprint density at radius 1 is 1.50 bits per heavy atom. The number of carbonyl (C=O) groups is 1. The van der Waals surface area contributed by atoms with Gasteiger partial charge in [0.15, 0.2) is 0 Å². The summed E-state index contributed by atoms with van der Waals surface area (Å²) in [4.78, 5) is 11.8. The lowest BCUT2D eigenvalue weighted by atomic mass is 10.2. The summed E-state index contributed by atoms with van der Waals surface area (Å²) in [6.07, 6.45) is -0.816. The Bertz CT molecular complexity index is 384. The standard InChI is InChI=1S/C10H14N2O3S/c11-6-1-2-9(8(3-6)10(12)15)16-5-7(14)4-13/h1-3,7,13-14H,4-5,11H2,(H2,12,15). The number of anilines is 1. The molecule has 0 aromatic heterocycles. The topological polar surface area (TPSA) is 110 Å². The highest BCUT2D eigenvalue weighted by molar-refractivity contribution is 7.99. The van der Waals surface area contributed by atoms with Gasteiger partial charge in [0, 0.05) is 16.3 Å². The number of hydrogen-bond donors (Lipinski definition) is 4. The summed E-state index contributed by atoms with van der Waals surface area (Å²) in [5, 5.41) is 17.9. The lowest BCUT2D eigenvalue weighted by molar-refractivity contribution is 0.0997. The third-order valence-corrected chi connectivity index (χ3v) is 3.13. The van der Waals surface area contributed by atoms with Crippen LogP contribution in [0.2, 0.25) is 0 Å². The second kappa shape index (κ2) is 5.74. The van der Waals surface area contributed by atoms with Crippen molar-refractivity contribution in [3.8, 4) is 0 Å².